The summed E-state index contributed by atoms with van der Waals surface area (Å²) in [4.78, 5) is 4.82. The Morgan fingerprint density at radius 3 is 2.97 bits per heavy atom. The van der Waals surface area contributed by atoms with Gasteiger partial charge in [0, 0.05) is 31.0 Å². The van der Waals surface area contributed by atoms with Crippen LogP contribution in [-0.4, -0.2) is 37.9 Å². The van der Waals surface area contributed by atoms with Gasteiger partial charge in [-0.25, -0.2) is 4.99 Å². The van der Waals surface area contributed by atoms with Crippen LogP contribution in [-0.2, 0) is 17.7 Å². The molecule has 0 bridgehead atoms. The maximum Gasteiger partial charge on any atom is 0.191 e. The maximum absolute atomic E-state index is 6.20. The van der Waals surface area contributed by atoms with Gasteiger partial charge >= 0.3 is 0 Å². The van der Waals surface area contributed by atoms with Crippen molar-refractivity contribution in [2.45, 2.75) is 58.7 Å². The van der Waals surface area contributed by atoms with Crippen LogP contribution in [0.15, 0.2) is 46.0 Å². The Morgan fingerprint density at radius 1 is 1.34 bits per heavy atom. The molecule has 6 nitrogen and oxygen atoms in total. The summed E-state index contributed by atoms with van der Waals surface area (Å²) in [5, 5.41) is 6.88. The Labute approximate surface area is 173 Å². The van der Waals surface area contributed by atoms with E-state index >= 15 is 0 Å². The minimum atomic E-state index is 0.128. The van der Waals surface area contributed by atoms with Crippen molar-refractivity contribution < 1.29 is 13.9 Å². The Kier molecular flexibility index (Phi) is 7.99. The molecule has 0 radical (unpaired) electrons. The summed E-state index contributed by atoms with van der Waals surface area (Å²) < 4.78 is 17.1. The normalized spacial score (nSPS) is 17.9. The standard InChI is InChI=1S/C23H33N3O3/c1-4-18(3)26-23(24-11-9-20-6-5-12-28-20)25-15-19-8-7-17(2)14-22(19)29-21-10-13-27-16-21/h5-8,12,14,18,21H,4,9-11,13,15-16H2,1-3H3,(H2,24,25,26). The second-order valence-corrected chi connectivity index (χ2v) is 7.59. The van der Waals surface area contributed by atoms with Crippen molar-refractivity contribution in [3.8, 4) is 5.75 Å². The fraction of sp³-hybridized carbons (Fsp3) is 0.522. The van der Waals surface area contributed by atoms with Crippen LogP contribution in [0, 0.1) is 6.92 Å². The van der Waals surface area contributed by atoms with Gasteiger partial charge in [-0.15, -0.1) is 0 Å². The van der Waals surface area contributed by atoms with Gasteiger partial charge in [0.2, 0.25) is 0 Å². The summed E-state index contributed by atoms with van der Waals surface area (Å²) in [5.74, 6) is 2.68. The van der Waals surface area contributed by atoms with Crippen molar-refractivity contribution in [2.75, 3.05) is 19.8 Å². The molecular weight excluding hydrogens is 366 g/mol. The van der Waals surface area contributed by atoms with E-state index in [0.717, 1.165) is 55.4 Å². The van der Waals surface area contributed by atoms with E-state index in [9.17, 15) is 0 Å². The zero-order valence-electron chi connectivity index (χ0n) is 17.7. The second kappa shape index (κ2) is 10.9. The van der Waals surface area contributed by atoms with Gasteiger partial charge in [0.25, 0.3) is 0 Å². The maximum atomic E-state index is 6.20. The lowest BCUT2D eigenvalue weighted by Crippen LogP contribution is -2.42. The Morgan fingerprint density at radius 2 is 2.24 bits per heavy atom. The second-order valence-electron chi connectivity index (χ2n) is 7.59. The monoisotopic (exact) mass is 399 g/mol. The molecule has 29 heavy (non-hydrogen) atoms. The summed E-state index contributed by atoms with van der Waals surface area (Å²) >= 11 is 0. The number of benzene rings is 1. The van der Waals surface area contributed by atoms with E-state index in [4.69, 9.17) is 18.9 Å². The molecule has 0 amide bonds. The van der Waals surface area contributed by atoms with Gasteiger partial charge in [0.05, 0.1) is 26.0 Å². The molecule has 2 heterocycles. The molecule has 0 spiro atoms. The van der Waals surface area contributed by atoms with E-state index in [2.05, 4.69) is 49.6 Å². The van der Waals surface area contributed by atoms with Gasteiger partial charge in [-0.2, -0.15) is 0 Å². The number of aryl methyl sites for hydroxylation is 1. The van der Waals surface area contributed by atoms with Crippen molar-refractivity contribution >= 4 is 5.96 Å². The van der Waals surface area contributed by atoms with Crippen LogP contribution in [0.2, 0.25) is 0 Å². The third-order valence-electron chi connectivity index (χ3n) is 5.05. The first-order valence-corrected chi connectivity index (χ1v) is 10.5. The van der Waals surface area contributed by atoms with Crippen LogP contribution < -0.4 is 15.4 Å². The summed E-state index contributed by atoms with van der Waals surface area (Å²) in [5.41, 5.74) is 2.26. The molecule has 1 aromatic heterocycles. The van der Waals surface area contributed by atoms with E-state index in [1.165, 1.54) is 5.56 Å². The lowest BCUT2D eigenvalue weighted by molar-refractivity contribution is 0.140. The van der Waals surface area contributed by atoms with Crippen molar-refractivity contribution in [2.24, 2.45) is 4.99 Å². The Balaban J connectivity index is 1.66. The number of hydrogen-bond donors (Lipinski definition) is 2. The minimum absolute atomic E-state index is 0.128. The zero-order valence-corrected chi connectivity index (χ0v) is 17.7. The Hall–Kier alpha value is -2.47. The number of guanidine groups is 1. The van der Waals surface area contributed by atoms with E-state index in [1.807, 2.05) is 12.1 Å². The lowest BCUT2D eigenvalue weighted by Gasteiger charge is -2.18. The smallest absolute Gasteiger partial charge is 0.191 e. The highest BCUT2D eigenvalue weighted by Crippen LogP contribution is 2.24. The fourth-order valence-electron chi connectivity index (χ4n) is 3.10. The van der Waals surface area contributed by atoms with Crippen LogP contribution in [0.5, 0.6) is 5.75 Å². The minimum Gasteiger partial charge on any atom is -0.488 e. The van der Waals surface area contributed by atoms with E-state index in [0.29, 0.717) is 19.2 Å². The number of hydrogen-bond acceptors (Lipinski definition) is 4. The molecule has 1 aliphatic heterocycles. The van der Waals surface area contributed by atoms with Gasteiger partial charge in [-0.1, -0.05) is 19.1 Å². The van der Waals surface area contributed by atoms with Crippen LogP contribution in [0.4, 0.5) is 0 Å². The van der Waals surface area contributed by atoms with Crippen molar-refractivity contribution in [3.05, 3.63) is 53.5 Å². The highest BCUT2D eigenvalue weighted by Gasteiger charge is 2.18. The number of aliphatic imine (C=N–C) groups is 1. The molecule has 1 aliphatic rings. The highest BCUT2D eigenvalue weighted by molar-refractivity contribution is 5.80. The van der Waals surface area contributed by atoms with Crippen LogP contribution >= 0.6 is 0 Å². The van der Waals surface area contributed by atoms with Crippen LogP contribution in [0.3, 0.4) is 0 Å². The molecule has 2 N–H and O–H groups in total. The zero-order chi connectivity index (χ0) is 20.5. The molecule has 2 atom stereocenters. The first-order valence-electron chi connectivity index (χ1n) is 10.5. The topological polar surface area (TPSA) is 68.0 Å². The number of furan rings is 1. The summed E-state index contributed by atoms with van der Waals surface area (Å²) in [6, 6.07) is 10.5. The van der Waals surface area contributed by atoms with Crippen LogP contribution in [0.25, 0.3) is 0 Å². The third kappa shape index (κ3) is 6.82. The van der Waals surface area contributed by atoms with E-state index < -0.39 is 0 Å². The lowest BCUT2D eigenvalue weighted by atomic mass is 10.1. The Bertz CT molecular complexity index is 768. The number of rotatable bonds is 9. The highest BCUT2D eigenvalue weighted by atomic mass is 16.5. The molecular formula is C23H33N3O3. The van der Waals surface area contributed by atoms with Crippen LogP contribution in [0.1, 0.15) is 43.6 Å². The predicted molar refractivity (Wildman–Crippen MR) is 115 cm³/mol. The molecule has 1 aromatic carbocycles. The van der Waals surface area contributed by atoms with Gasteiger partial charge in [-0.3, -0.25) is 0 Å². The van der Waals surface area contributed by atoms with Gasteiger partial charge in [0.1, 0.15) is 17.6 Å². The average molecular weight is 400 g/mol. The van der Waals surface area contributed by atoms with Gasteiger partial charge in [-0.05, 0) is 44.0 Å². The first-order chi connectivity index (χ1) is 14.1. The first kappa shape index (κ1) is 21.2. The molecule has 158 valence electrons. The molecule has 1 fully saturated rings. The summed E-state index contributed by atoms with van der Waals surface area (Å²) in [7, 11) is 0. The molecule has 6 heteroatoms. The molecule has 2 aromatic rings. The largest absolute Gasteiger partial charge is 0.488 e. The fourth-order valence-corrected chi connectivity index (χ4v) is 3.10. The van der Waals surface area contributed by atoms with Crippen molar-refractivity contribution in [3.63, 3.8) is 0 Å². The summed E-state index contributed by atoms with van der Waals surface area (Å²) in [6.45, 7) is 9.13. The van der Waals surface area contributed by atoms with Gasteiger partial charge in [0.15, 0.2) is 5.96 Å². The number of nitrogens with zero attached hydrogens (tertiary/aromatic N) is 1. The number of ether oxygens (including phenoxy) is 2. The van der Waals surface area contributed by atoms with E-state index in [-0.39, 0.29) is 6.10 Å². The molecule has 0 aliphatic carbocycles. The quantitative estimate of drug-likeness (QED) is 0.495. The molecule has 1 saturated heterocycles. The molecule has 3 rings (SSSR count). The summed E-state index contributed by atoms with van der Waals surface area (Å²) in [6.07, 6.45) is 4.61. The molecule has 0 saturated carbocycles. The average Bonchev–Trinajstić information content (AvgIpc) is 3.41. The van der Waals surface area contributed by atoms with Crippen molar-refractivity contribution in [1.29, 1.82) is 0 Å². The third-order valence-corrected chi connectivity index (χ3v) is 5.05. The van der Waals surface area contributed by atoms with E-state index in [1.54, 1.807) is 6.26 Å². The predicted octanol–water partition coefficient (Wildman–Crippen LogP) is 3.83. The SMILES string of the molecule is CCC(C)NC(=NCc1ccc(C)cc1OC1CCOC1)NCCc1ccco1. The number of nitrogens with one attached hydrogen (secondary N) is 2. The molecule has 2 unspecified atom stereocenters. The van der Waals surface area contributed by atoms with Crippen molar-refractivity contribution in [1.82, 2.24) is 10.6 Å². The van der Waals surface area contributed by atoms with Gasteiger partial charge < -0.3 is 24.5 Å².